The lowest BCUT2D eigenvalue weighted by atomic mass is 9.62. The van der Waals surface area contributed by atoms with Crippen LogP contribution in [-0.4, -0.2) is 6.17 Å². The lowest BCUT2D eigenvalue weighted by Crippen LogP contribution is -2.42. The fourth-order valence-corrected chi connectivity index (χ4v) is 2.30. The van der Waals surface area contributed by atoms with Gasteiger partial charge in [-0.05, 0) is 31.4 Å². The van der Waals surface area contributed by atoms with E-state index >= 15 is 0 Å². The van der Waals surface area contributed by atoms with Crippen LogP contribution in [0.2, 0.25) is 0 Å². The Labute approximate surface area is 82.9 Å². The van der Waals surface area contributed by atoms with E-state index in [9.17, 15) is 8.78 Å². The lowest BCUT2D eigenvalue weighted by Gasteiger charge is -2.43. The van der Waals surface area contributed by atoms with Crippen molar-refractivity contribution in [3.8, 4) is 0 Å². The molecule has 0 spiro atoms. The van der Waals surface area contributed by atoms with Gasteiger partial charge in [-0.15, -0.1) is 0 Å². The monoisotopic (exact) mass is 196 g/mol. The van der Waals surface area contributed by atoms with Crippen LogP contribution in [-0.2, 0) is 5.41 Å². The standard InChI is InChI=1S/C12H14F2/c1-9(13)12(7-4-8-12)10-5-2-3-6-11(10)14/h2-3,5-6,9H,4,7-8H2,1H3. The molecule has 0 heterocycles. The average molecular weight is 196 g/mol. The zero-order valence-electron chi connectivity index (χ0n) is 8.26. The van der Waals surface area contributed by atoms with Crippen molar-refractivity contribution in [1.82, 2.24) is 0 Å². The summed E-state index contributed by atoms with van der Waals surface area (Å²) < 4.78 is 27.0. The molecule has 1 aromatic carbocycles. The van der Waals surface area contributed by atoms with Crippen LogP contribution in [0.15, 0.2) is 24.3 Å². The molecule has 1 aliphatic rings. The van der Waals surface area contributed by atoms with Crippen molar-refractivity contribution in [3.05, 3.63) is 35.6 Å². The fraction of sp³-hybridized carbons (Fsp3) is 0.500. The summed E-state index contributed by atoms with van der Waals surface area (Å²) in [6.07, 6.45) is 1.58. The largest absolute Gasteiger partial charge is 0.247 e. The van der Waals surface area contributed by atoms with Crippen LogP contribution < -0.4 is 0 Å². The molecule has 0 amide bonds. The van der Waals surface area contributed by atoms with Gasteiger partial charge in [-0.2, -0.15) is 0 Å². The molecule has 2 heteroatoms. The number of halogens is 2. The number of hydrogen-bond donors (Lipinski definition) is 0. The summed E-state index contributed by atoms with van der Waals surface area (Å²) in [6.45, 7) is 1.53. The highest BCUT2D eigenvalue weighted by Crippen LogP contribution is 2.48. The first-order valence-corrected chi connectivity index (χ1v) is 5.06. The van der Waals surface area contributed by atoms with E-state index < -0.39 is 11.6 Å². The van der Waals surface area contributed by atoms with E-state index in [1.54, 1.807) is 18.2 Å². The lowest BCUT2D eigenvalue weighted by molar-refractivity contribution is 0.110. The molecule has 0 aliphatic heterocycles. The van der Waals surface area contributed by atoms with Crippen LogP contribution in [0.25, 0.3) is 0 Å². The van der Waals surface area contributed by atoms with Gasteiger partial charge < -0.3 is 0 Å². The zero-order valence-corrected chi connectivity index (χ0v) is 8.26. The van der Waals surface area contributed by atoms with E-state index in [-0.39, 0.29) is 5.82 Å². The highest BCUT2D eigenvalue weighted by Gasteiger charge is 2.45. The summed E-state index contributed by atoms with van der Waals surface area (Å²) in [5.74, 6) is -0.267. The maximum absolute atomic E-state index is 13.5. The van der Waals surface area contributed by atoms with Crippen LogP contribution in [0, 0.1) is 5.82 Å². The number of hydrogen-bond acceptors (Lipinski definition) is 0. The topological polar surface area (TPSA) is 0 Å². The minimum atomic E-state index is -0.965. The van der Waals surface area contributed by atoms with Crippen molar-refractivity contribution in [1.29, 1.82) is 0 Å². The smallest absolute Gasteiger partial charge is 0.127 e. The van der Waals surface area contributed by atoms with Crippen molar-refractivity contribution in [2.75, 3.05) is 0 Å². The Kier molecular flexibility index (Phi) is 2.30. The van der Waals surface area contributed by atoms with Gasteiger partial charge in [-0.3, -0.25) is 0 Å². The third kappa shape index (κ3) is 1.24. The van der Waals surface area contributed by atoms with Gasteiger partial charge in [0.05, 0.1) is 0 Å². The first-order chi connectivity index (χ1) is 6.67. The normalized spacial score (nSPS) is 21.4. The highest BCUT2D eigenvalue weighted by molar-refractivity contribution is 5.31. The van der Waals surface area contributed by atoms with Gasteiger partial charge in [0.2, 0.25) is 0 Å². The fourth-order valence-electron chi connectivity index (χ4n) is 2.30. The molecule has 0 aromatic heterocycles. The van der Waals surface area contributed by atoms with Gasteiger partial charge >= 0.3 is 0 Å². The second-order valence-corrected chi connectivity index (χ2v) is 4.11. The van der Waals surface area contributed by atoms with Gasteiger partial charge in [0, 0.05) is 5.41 Å². The van der Waals surface area contributed by atoms with Gasteiger partial charge in [0.15, 0.2) is 0 Å². The van der Waals surface area contributed by atoms with Gasteiger partial charge in [-0.1, -0.05) is 24.6 Å². The maximum Gasteiger partial charge on any atom is 0.127 e. The minimum Gasteiger partial charge on any atom is -0.247 e. The molecular weight excluding hydrogens is 182 g/mol. The summed E-state index contributed by atoms with van der Waals surface area (Å²) in [5, 5.41) is 0. The highest BCUT2D eigenvalue weighted by atomic mass is 19.1. The zero-order chi connectivity index (χ0) is 10.2. The second-order valence-electron chi connectivity index (χ2n) is 4.11. The quantitative estimate of drug-likeness (QED) is 0.677. The molecule has 0 radical (unpaired) electrons. The predicted octanol–water partition coefficient (Wildman–Crippen LogP) is 3.61. The van der Waals surface area contributed by atoms with Gasteiger partial charge in [-0.25, -0.2) is 8.78 Å². The molecule has 1 fully saturated rings. The second kappa shape index (κ2) is 3.34. The van der Waals surface area contributed by atoms with E-state index in [2.05, 4.69) is 0 Å². The predicted molar refractivity (Wildman–Crippen MR) is 52.5 cm³/mol. The van der Waals surface area contributed by atoms with E-state index in [1.165, 1.54) is 13.0 Å². The van der Waals surface area contributed by atoms with Gasteiger partial charge in [0.25, 0.3) is 0 Å². The van der Waals surface area contributed by atoms with Crippen molar-refractivity contribution in [3.63, 3.8) is 0 Å². The minimum absolute atomic E-state index is 0.267. The number of benzene rings is 1. The van der Waals surface area contributed by atoms with Crippen LogP contribution in [0.5, 0.6) is 0 Å². The summed E-state index contributed by atoms with van der Waals surface area (Å²) in [7, 11) is 0. The van der Waals surface area contributed by atoms with Crippen molar-refractivity contribution in [2.45, 2.75) is 37.8 Å². The molecule has 0 bridgehead atoms. The summed E-state index contributed by atoms with van der Waals surface area (Å²) in [5.41, 5.74) is 0.0203. The van der Waals surface area contributed by atoms with Crippen LogP contribution in [0.3, 0.4) is 0 Å². The summed E-state index contributed by atoms with van der Waals surface area (Å²) >= 11 is 0. The number of alkyl halides is 1. The van der Waals surface area contributed by atoms with E-state index in [4.69, 9.17) is 0 Å². The third-order valence-electron chi connectivity index (χ3n) is 3.42. The van der Waals surface area contributed by atoms with E-state index in [1.807, 2.05) is 0 Å². The molecule has 1 saturated carbocycles. The molecule has 76 valence electrons. The third-order valence-corrected chi connectivity index (χ3v) is 3.42. The molecule has 0 saturated heterocycles. The van der Waals surface area contributed by atoms with E-state index in [0.717, 1.165) is 19.3 Å². The van der Waals surface area contributed by atoms with E-state index in [0.29, 0.717) is 5.56 Å². The first-order valence-electron chi connectivity index (χ1n) is 5.06. The van der Waals surface area contributed by atoms with Crippen LogP contribution in [0.4, 0.5) is 8.78 Å². The Morgan fingerprint density at radius 2 is 1.93 bits per heavy atom. The Morgan fingerprint density at radius 3 is 2.36 bits per heavy atom. The molecule has 1 aliphatic carbocycles. The maximum atomic E-state index is 13.5. The molecule has 0 N–H and O–H groups in total. The Hall–Kier alpha value is -0.920. The molecule has 2 rings (SSSR count). The van der Waals surface area contributed by atoms with Crippen molar-refractivity contribution >= 4 is 0 Å². The molecular formula is C12H14F2. The Balaban J connectivity index is 2.42. The molecule has 1 atom stereocenters. The van der Waals surface area contributed by atoms with Crippen molar-refractivity contribution in [2.24, 2.45) is 0 Å². The van der Waals surface area contributed by atoms with Gasteiger partial charge in [0.1, 0.15) is 12.0 Å². The van der Waals surface area contributed by atoms with Crippen molar-refractivity contribution < 1.29 is 8.78 Å². The summed E-state index contributed by atoms with van der Waals surface area (Å²) in [6, 6.07) is 6.55. The molecule has 0 nitrogen and oxygen atoms in total. The first kappa shape index (κ1) is 9.63. The summed E-state index contributed by atoms with van der Waals surface area (Å²) in [4.78, 5) is 0. The Bertz CT molecular complexity index is 327. The van der Waals surface area contributed by atoms with Crippen LogP contribution >= 0.6 is 0 Å². The van der Waals surface area contributed by atoms with Crippen LogP contribution in [0.1, 0.15) is 31.7 Å². The molecule has 1 unspecified atom stereocenters. The molecule has 14 heavy (non-hydrogen) atoms. The molecule has 1 aromatic rings. The Morgan fingerprint density at radius 1 is 1.29 bits per heavy atom. The number of rotatable bonds is 2. The SMILES string of the molecule is CC(F)C1(c2ccccc2F)CCC1. The average Bonchev–Trinajstić information content (AvgIpc) is 2.05.